The van der Waals surface area contributed by atoms with Crippen LogP contribution in [0.2, 0.25) is 0 Å². The zero-order chi connectivity index (χ0) is 34.6. The fraction of sp³-hybridized carbons (Fsp3) is 0. The number of furan rings is 1. The average Bonchev–Trinajstić information content (AvgIpc) is 3.77. The highest BCUT2D eigenvalue weighted by Crippen LogP contribution is 2.40. The summed E-state index contributed by atoms with van der Waals surface area (Å²) in [6, 6.07) is 63.0. The number of aromatic nitrogens is 2. The van der Waals surface area contributed by atoms with Gasteiger partial charge in [0, 0.05) is 43.9 Å². The molecule has 0 atom stereocenters. The van der Waals surface area contributed by atoms with Crippen LogP contribution in [0.3, 0.4) is 0 Å². The SMILES string of the molecule is N#Cc1ccccc1-c1cc(-c2cccc(-c3ccccc3)n2)cc(-n2c3ccccc3c3ccc(-c4cccc5c4oc4ccccc45)cc32)c1. The van der Waals surface area contributed by atoms with Crippen molar-refractivity contribution in [2.24, 2.45) is 0 Å². The lowest BCUT2D eigenvalue weighted by Gasteiger charge is -2.15. The monoisotopic (exact) mass is 663 g/mol. The van der Waals surface area contributed by atoms with E-state index in [1.807, 2.05) is 60.7 Å². The summed E-state index contributed by atoms with van der Waals surface area (Å²) in [5, 5.41) is 14.7. The molecule has 10 aromatic rings. The van der Waals surface area contributed by atoms with E-state index in [2.05, 4.69) is 126 Å². The molecule has 0 aliphatic carbocycles. The third kappa shape index (κ3) is 4.80. The highest BCUT2D eigenvalue weighted by molar-refractivity contribution is 6.13. The first-order valence-electron chi connectivity index (χ1n) is 17.4. The average molecular weight is 664 g/mol. The van der Waals surface area contributed by atoms with Gasteiger partial charge in [-0.1, -0.05) is 121 Å². The third-order valence-corrected chi connectivity index (χ3v) is 10.0. The third-order valence-electron chi connectivity index (χ3n) is 10.0. The Bertz CT molecular complexity index is 3030. The maximum atomic E-state index is 10.1. The molecule has 3 aromatic heterocycles. The predicted molar refractivity (Wildman–Crippen MR) is 212 cm³/mol. The van der Waals surface area contributed by atoms with Gasteiger partial charge in [-0.3, -0.25) is 0 Å². The molecule has 10 rings (SSSR count). The molecule has 4 heteroatoms. The summed E-state index contributed by atoms with van der Waals surface area (Å²) in [6.45, 7) is 0. The van der Waals surface area contributed by atoms with Gasteiger partial charge in [0.1, 0.15) is 11.2 Å². The second kappa shape index (κ2) is 12.0. The minimum absolute atomic E-state index is 0.625. The zero-order valence-electron chi connectivity index (χ0n) is 28.0. The number of rotatable bonds is 5. The molecule has 3 heterocycles. The van der Waals surface area contributed by atoms with Crippen molar-refractivity contribution in [3.63, 3.8) is 0 Å². The lowest BCUT2D eigenvalue weighted by molar-refractivity contribution is 0.670. The van der Waals surface area contributed by atoms with E-state index in [1.165, 1.54) is 5.39 Å². The maximum absolute atomic E-state index is 10.1. The van der Waals surface area contributed by atoms with Crippen molar-refractivity contribution >= 4 is 43.7 Å². The molecule has 7 aromatic carbocycles. The van der Waals surface area contributed by atoms with Gasteiger partial charge in [-0.25, -0.2) is 4.98 Å². The molecule has 4 nitrogen and oxygen atoms in total. The summed E-state index contributed by atoms with van der Waals surface area (Å²) in [5.41, 5.74) is 13.3. The molecule has 0 unspecified atom stereocenters. The van der Waals surface area contributed by atoms with Gasteiger partial charge in [-0.05, 0) is 71.3 Å². The van der Waals surface area contributed by atoms with Gasteiger partial charge in [-0.2, -0.15) is 5.26 Å². The Morgan fingerprint density at radius 1 is 0.462 bits per heavy atom. The molecule has 0 amide bonds. The second-order valence-electron chi connectivity index (χ2n) is 13.1. The first-order valence-corrected chi connectivity index (χ1v) is 17.4. The van der Waals surface area contributed by atoms with Crippen LogP contribution in [-0.2, 0) is 0 Å². The van der Waals surface area contributed by atoms with Crippen molar-refractivity contribution in [2.75, 3.05) is 0 Å². The summed E-state index contributed by atoms with van der Waals surface area (Å²) in [5.74, 6) is 0. The van der Waals surface area contributed by atoms with Crippen molar-refractivity contribution < 1.29 is 4.42 Å². The largest absolute Gasteiger partial charge is 0.455 e. The first kappa shape index (κ1) is 29.7. The van der Waals surface area contributed by atoms with Crippen LogP contribution in [0.1, 0.15) is 5.56 Å². The molecular weight excluding hydrogens is 635 g/mol. The van der Waals surface area contributed by atoms with Crippen LogP contribution in [0.15, 0.2) is 180 Å². The zero-order valence-corrected chi connectivity index (χ0v) is 28.0. The van der Waals surface area contributed by atoms with E-state index in [4.69, 9.17) is 9.40 Å². The normalized spacial score (nSPS) is 11.4. The Kier molecular flexibility index (Phi) is 6.84. The summed E-state index contributed by atoms with van der Waals surface area (Å²) in [6.07, 6.45) is 0. The van der Waals surface area contributed by atoms with Gasteiger partial charge >= 0.3 is 0 Å². The summed E-state index contributed by atoms with van der Waals surface area (Å²) >= 11 is 0. The van der Waals surface area contributed by atoms with E-state index < -0.39 is 0 Å². The quantitative estimate of drug-likeness (QED) is 0.184. The number of hydrogen-bond acceptors (Lipinski definition) is 3. The Hall–Kier alpha value is -7.22. The van der Waals surface area contributed by atoms with E-state index >= 15 is 0 Å². The molecule has 0 radical (unpaired) electrons. The Labute approximate surface area is 300 Å². The molecule has 0 spiro atoms. The molecule has 0 fully saturated rings. The van der Waals surface area contributed by atoms with Gasteiger partial charge in [0.25, 0.3) is 0 Å². The fourth-order valence-electron chi connectivity index (χ4n) is 7.63. The number of pyridine rings is 1. The highest BCUT2D eigenvalue weighted by Gasteiger charge is 2.18. The number of para-hydroxylation sites is 3. The van der Waals surface area contributed by atoms with Crippen LogP contribution in [0.25, 0.3) is 94.2 Å². The molecule has 0 saturated heterocycles. The topological polar surface area (TPSA) is 54.8 Å². The van der Waals surface area contributed by atoms with Gasteiger partial charge in [0.05, 0.1) is 34.1 Å². The van der Waals surface area contributed by atoms with E-state index in [9.17, 15) is 5.26 Å². The number of nitriles is 1. The van der Waals surface area contributed by atoms with Gasteiger partial charge in [0.15, 0.2) is 0 Å². The molecule has 0 saturated carbocycles. The lowest BCUT2D eigenvalue weighted by atomic mass is 9.96. The standard InChI is InChI=1S/C48H29N3O/c49-30-33-14-4-5-15-37(33)34-26-35(44-21-11-20-43(50-44)31-12-2-1-3-13-31)28-36(27-34)51-45-22-8-6-16-39(45)40-25-24-32(29-46(40)51)38-18-10-19-42-41-17-7-9-23-47(41)52-48(38)42/h1-29H. The Morgan fingerprint density at radius 3 is 2.02 bits per heavy atom. The van der Waals surface area contributed by atoms with E-state index in [1.54, 1.807) is 0 Å². The van der Waals surface area contributed by atoms with Gasteiger partial charge < -0.3 is 8.98 Å². The van der Waals surface area contributed by atoms with Crippen LogP contribution in [-0.4, -0.2) is 9.55 Å². The minimum Gasteiger partial charge on any atom is -0.455 e. The van der Waals surface area contributed by atoms with Crippen LogP contribution in [0, 0.1) is 11.3 Å². The highest BCUT2D eigenvalue weighted by atomic mass is 16.3. The Morgan fingerprint density at radius 2 is 1.13 bits per heavy atom. The van der Waals surface area contributed by atoms with Crippen LogP contribution in [0.5, 0.6) is 0 Å². The molecule has 0 aliphatic rings. The van der Waals surface area contributed by atoms with Crippen molar-refractivity contribution in [3.05, 3.63) is 181 Å². The molecule has 0 bridgehead atoms. The minimum atomic E-state index is 0.625. The van der Waals surface area contributed by atoms with Crippen molar-refractivity contribution in [1.82, 2.24) is 9.55 Å². The fourth-order valence-corrected chi connectivity index (χ4v) is 7.63. The molecule has 0 aliphatic heterocycles. The number of benzene rings is 7. The Balaban J connectivity index is 1.24. The number of nitrogens with zero attached hydrogens (tertiary/aromatic N) is 3. The van der Waals surface area contributed by atoms with Crippen LogP contribution in [0.4, 0.5) is 0 Å². The first-order chi connectivity index (χ1) is 25.7. The smallest absolute Gasteiger partial charge is 0.143 e. The van der Waals surface area contributed by atoms with E-state index in [0.29, 0.717) is 5.56 Å². The number of hydrogen-bond donors (Lipinski definition) is 0. The summed E-state index contributed by atoms with van der Waals surface area (Å²) < 4.78 is 8.82. The maximum Gasteiger partial charge on any atom is 0.143 e. The second-order valence-corrected chi connectivity index (χ2v) is 13.1. The van der Waals surface area contributed by atoms with Crippen LogP contribution >= 0.6 is 0 Å². The van der Waals surface area contributed by atoms with Gasteiger partial charge in [0.2, 0.25) is 0 Å². The van der Waals surface area contributed by atoms with E-state index in [-0.39, 0.29) is 0 Å². The number of fused-ring (bicyclic) bond motifs is 6. The van der Waals surface area contributed by atoms with Crippen molar-refractivity contribution in [3.8, 4) is 56.5 Å². The predicted octanol–water partition coefficient (Wildman–Crippen LogP) is 12.6. The van der Waals surface area contributed by atoms with E-state index in [0.717, 1.165) is 88.8 Å². The van der Waals surface area contributed by atoms with Crippen molar-refractivity contribution in [1.29, 1.82) is 5.26 Å². The summed E-state index contributed by atoms with van der Waals surface area (Å²) in [4.78, 5) is 5.15. The lowest BCUT2D eigenvalue weighted by Crippen LogP contribution is -1.97. The summed E-state index contributed by atoms with van der Waals surface area (Å²) in [7, 11) is 0. The molecular formula is C48H29N3O. The molecule has 0 N–H and O–H groups in total. The van der Waals surface area contributed by atoms with Crippen molar-refractivity contribution in [2.45, 2.75) is 0 Å². The molecule has 52 heavy (non-hydrogen) atoms. The molecule has 242 valence electrons. The van der Waals surface area contributed by atoms with Crippen LogP contribution < -0.4 is 0 Å². The van der Waals surface area contributed by atoms with Gasteiger partial charge in [-0.15, -0.1) is 0 Å².